The van der Waals surface area contributed by atoms with Crippen LogP contribution in [-0.2, 0) is 6.42 Å². The Hall–Kier alpha value is -2.59. The summed E-state index contributed by atoms with van der Waals surface area (Å²) >= 11 is 3.45. The molecule has 0 aliphatic heterocycles. The minimum atomic E-state index is -0.177. The van der Waals surface area contributed by atoms with Crippen molar-refractivity contribution in [3.8, 4) is 5.75 Å². The van der Waals surface area contributed by atoms with Gasteiger partial charge in [-0.1, -0.05) is 64.5 Å². The van der Waals surface area contributed by atoms with Crippen LogP contribution in [0.25, 0.3) is 0 Å². The zero-order chi connectivity index (χ0) is 19.2. The van der Waals surface area contributed by atoms with Crippen molar-refractivity contribution < 1.29 is 9.53 Å². The zero-order valence-corrected chi connectivity index (χ0v) is 17.0. The van der Waals surface area contributed by atoms with Gasteiger partial charge < -0.3 is 10.1 Å². The minimum Gasteiger partial charge on any atom is -0.492 e. The van der Waals surface area contributed by atoms with Crippen LogP contribution in [0.3, 0.4) is 0 Å². The highest BCUT2D eigenvalue weighted by atomic mass is 79.9. The van der Waals surface area contributed by atoms with Crippen molar-refractivity contribution in [3.05, 3.63) is 93.5 Å². The smallest absolute Gasteiger partial charge is 0.259 e. The van der Waals surface area contributed by atoms with Crippen molar-refractivity contribution in [3.63, 3.8) is 0 Å². The molecule has 0 radical (unpaired) electrons. The number of amides is 1. The predicted molar refractivity (Wildman–Crippen MR) is 114 cm³/mol. The van der Waals surface area contributed by atoms with E-state index >= 15 is 0 Å². The Labute approximate surface area is 168 Å². The lowest BCUT2D eigenvalue weighted by Gasteiger charge is -2.15. The monoisotopic (exact) mass is 423 g/mol. The lowest BCUT2D eigenvalue weighted by Crippen LogP contribution is -2.16. The van der Waals surface area contributed by atoms with Gasteiger partial charge in [0, 0.05) is 16.6 Å². The standard InChI is InChI=1S/C23H22BrNO2/c1-16-7-6-8-17(2)22(16)25-23(26)20-15-19(24)11-12-21(20)27-14-13-18-9-4-3-5-10-18/h3-12,15H,13-14H2,1-2H3,(H,25,26). The Morgan fingerprint density at radius 2 is 1.67 bits per heavy atom. The number of carbonyl (C=O) groups excluding carboxylic acids is 1. The quantitative estimate of drug-likeness (QED) is 0.532. The number of benzene rings is 3. The van der Waals surface area contributed by atoms with Crippen LogP contribution in [0.2, 0.25) is 0 Å². The van der Waals surface area contributed by atoms with Crippen LogP contribution >= 0.6 is 15.9 Å². The largest absolute Gasteiger partial charge is 0.492 e. The van der Waals surface area contributed by atoms with Crippen LogP contribution in [-0.4, -0.2) is 12.5 Å². The number of para-hydroxylation sites is 1. The number of aryl methyl sites for hydroxylation is 2. The molecule has 3 nitrogen and oxygen atoms in total. The number of hydrogen-bond donors (Lipinski definition) is 1. The molecule has 0 unspecified atom stereocenters. The second-order valence-corrected chi connectivity index (χ2v) is 7.36. The Bertz CT molecular complexity index is 918. The van der Waals surface area contributed by atoms with Crippen LogP contribution in [0.15, 0.2) is 71.2 Å². The molecule has 1 N–H and O–H groups in total. The van der Waals surface area contributed by atoms with Crippen LogP contribution in [0.1, 0.15) is 27.0 Å². The molecule has 0 aliphatic carbocycles. The summed E-state index contributed by atoms with van der Waals surface area (Å²) in [6, 6.07) is 21.6. The maximum Gasteiger partial charge on any atom is 0.259 e. The average Bonchev–Trinajstić information content (AvgIpc) is 2.66. The number of ether oxygens (including phenoxy) is 1. The van der Waals surface area contributed by atoms with Crippen LogP contribution in [0.4, 0.5) is 5.69 Å². The summed E-state index contributed by atoms with van der Waals surface area (Å²) in [6.07, 6.45) is 0.787. The van der Waals surface area contributed by atoms with E-state index in [1.54, 1.807) is 6.07 Å². The SMILES string of the molecule is Cc1cccc(C)c1NC(=O)c1cc(Br)ccc1OCCc1ccccc1. The fraction of sp³-hybridized carbons (Fsp3) is 0.174. The van der Waals surface area contributed by atoms with E-state index in [-0.39, 0.29) is 5.91 Å². The molecule has 0 saturated heterocycles. The molecule has 0 aromatic heterocycles. The van der Waals surface area contributed by atoms with Gasteiger partial charge in [0.1, 0.15) is 5.75 Å². The van der Waals surface area contributed by atoms with E-state index in [9.17, 15) is 4.79 Å². The third-order valence-electron chi connectivity index (χ3n) is 4.40. The molecule has 0 heterocycles. The molecular weight excluding hydrogens is 402 g/mol. The molecule has 138 valence electrons. The van der Waals surface area contributed by atoms with Crippen molar-refractivity contribution in [2.24, 2.45) is 0 Å². The maximum atomic E-state index is 12.9. The molecule has 3 rings (SSSR count). The molecule has 0 fully saturated rings. The normalized spacial score (nSPS) is 10.5. The maximum absolute atomic E-state index is 12.9. The molecule has 0 aliphatic rings. The van der Waals surface area contributed by atoms with E-state index in [1.807, 2.05) is 62.4 Å². The summed E-state index contributed by atoms with van der Waals surface area (Å²) in [5.41, 5.74) is 4.63. The summed E-state index contributed by atoms with van der Waals surface area (Å²) in [7, 11) is 0. The van der Waals surface area contributed by atoms with Crippen molar-refractivity contribution >= 4 is 27.5 Å². The predicted octanol–water partition coefficient (Wildman–Crippen LogP) is 5.94. The van der Waals surface area contributed by atoms with Crippen molar-refractivity contribution in [2.75, 3.05) is 11.9 Å². The van der Waals surface area contributed by atoms with Gasteiger partial charge in [0.2, 0.25) is 0 Å². The second-order valence-electron chi connectivity index (χ2n) is 6.45. The molecule has 1 amide bonds. The fourth-order valence-corrected chi connectivity index (χ4v) is 3.28. The van der Waals surface area contributed by atoms with Crippen LogP contribution in [0.5, 0.6) is 5.75 Å². The van der Waals surface area contributed by atoms with Gasteiger partial charge >= 0.3 is 0 Å². The molecule has 0 bridgehead atoms. The zero-order valence-electron chi connectivity index (χ0n) is 15.5. The molecule has 27 heavy (non-hydrogen) atoms. The van der Waals surface area contributed by atoms with E-state index < -0.39 is 0 Å². The van der Waals surface area contributed by atoms with Gasteiger partial charge in [-0.25, -0.2) is 0 Å². The average molecular weight is 424 g/mol. The van der Waals surface area contributed by atoms with Crippen LogP contribution in [0, 0.1) is 13.8 Å². The number of carbonyl (C=O) groups is 1. The Morgan fingerprint density at radius 1 is 0.963 bits per heavy atom. The van der Waals surface area contributed by atoms with Gasteiger partial charge in [-0.15, -0.1) is 0 Å². The van der Waals surface area contributed by atoms with Gasteiger partial charge in [-0.3, -0.25) is 4.79 Å². The molecule has 0 atom stereocenters. The summed E-state index contributed by atoms with van der Waals surface area (Å²) < 4.78 is 6.77. The van der Waals surface area contributed by atoms with Gasteiger partial charge in [0.25, 0.3) is 5.91 Å². The number of rotatable bonds is 6. The lowest BCUT2D eigenvalue weighted by molar-refractivity contribution is 0.102. The van der Waals surface area contributed by atoms with Gasteiger partial charge in [-0.2, -0.15) is 0 Å². The first-order valence-corrected chi connectivity index (χ1v) is 9.68. The summed E-state index contributed by atoms with van der Waals surface area (Å²) in [6.45, 7) is 4.48. The summed E-state index contributed by atoms with van der Waals surface area (Å²) in [5, 5.41) is 3.03. The van der Waals surface area contributed by atoms with E-state index in [2.05, 4.69) is 33.4 Å². The van der Waals surface area contributed by atoms with Crippen molar-refractivity contribution in [1.29, 1.82) is 0 Å². The van der Waals surface area contributed by atoms with E-state index in [0.29, 0.717) is 17.9 Å². The highest BCUT2D eigenvalue weighted by Crippen LogP contribution is 2.26. The summed E-state index contributed by atoms with van der Waals surface area (Å²) in [4.78, 5) is 12.9. The first-order valence-electron chi connectivity index (χ1n) is 8.88. The second kappa shape index (κ2) is 8.87. The van der Waals surface area contributed by atoms with E-state index in [0.717, 1.165) is 27.7 Å². The van der Waals surface area contributed by atoms with Crippen LogP contribution < -0.4 is 10.1 Å². The number of nitrogens with one attached hydrogen (secondary N) is 1. The van der Waals surface area contributed by atoms with Gasteiger partial charge in [0.05, 0.1) is 12.2 Å². The molecule has 4 heteroatoms. The number of halogens is 1. The first kappa shape index (κ1) is 19.2. The molecule has 3 aromatic carbocycles. The first-order chi connectivity index (χ1) is 13.0. The minimum absolute atomic E-state index is 0.177. The molecule has 0 spiro atoms. The van der Waals surface area contributed by atoms with Crippen molar-refractivity contribution in [1.82, 2.24) is 0 Å². The third-order valence-corrected chi connectivity index (χ3v) is 4.89. The molecule has 3 aromatic rings. The van der Waals surface area contributed by atoms with Gasteiger partial charge in [0.15, 0.2) is 0 Å². The van der Waals surface area contributed by atoms with E-state index in [4.69, 9.17) is 4.74 Å². The molecular formula is C23H22BrNO2. The topological polar surface area (TPSA) is 38.3 Å². The number of hydrogen-bond acceptors (Lipinski definition) is 2. The highest BCUT2D eigenvalue weighted by Gasteiger charge is 2.15. The Balaban J connectivity index is 1.76. The highest BCUT2D eigenvalue weighted by molar-refractivity contribution is 9.10. The Morgan fingerprint density at radius 3 is 2.37 bits per heavy atom. The fourth-order valence-electron chi connectivity index (χ4n) is 2.92. The van der Waals surface area contributed by atoms with Crippen molar-refractivity contribution in [2.45, 2.75) is 20.3 Å². The molecule has 0 saturated carbocycles. The number of anilines is 1. The Kier molecular flexibility index (Phi) is 6.30. The van der Waals surface area contributed by atoms with Gasteiger partial charge in [-0.05, 0) is 48.7 Å². The summed E-state index contributed by atoms with van der Waals surface area (Å²) in [5.74, 6) is 0.404. The van der Waals surface area contributed by atoms with E-state index in [1.165, 1.54) is 5.56 Å². The lowest BCUT2D eigenvalue weighted by atomic mass is 10.1. The third kappa shape index (κ3) is 4.98.